The third-order valence-electron chi connectivity index (χ3n) is 5.42. The molecule has 0 radical (unpaired) electrons. The van der Waals surface area contributed by atoms with Crippen LogP contribution in [0.5, 0.6) is 6.01 Å². The summed E-state index contributed by atoms with van der Waals surface area (Å²) in [7, 11) is 0. The molecule has 8 nitrogen and oxygen atoms in total. The zero-order chi connectivity index (χ0) is 21.6. The molecular formula is C23H29N5O3. The quantitative estimate of drug-likeness (QED) is 0.358. The molecule has 8 heteroatoms. The number of rotatable bonds is 9. The van der Waals surface area contributed by atoms with Gasteiger partial charge in [0.05, 0.1) is 13.0 Å². The number of fused-ring (bicyclic) bond motifs is 1. The van der Waals surface area contributed by atoms with E-state index in [9.17, 15) is 4.79 Å². The Labute approximate surface area is 181 Å². The van der Waals surface area contributed by atoms with E-state index in [1.807, 2.05) is 30.5 Å². The first kappa shape index (κ1) is 21.1. The molecule has 1 saturated heterocycles. The first-order valence-electron chi connectivity index (χ1n) is 10.9. The smallest absolute Gasteiger partial charge is 0.319 e. The molecule has 0 bridgehead atoms. The summed E-state index contributed by atoms with van der Waals surface area (Å²) in [6.45, 7) is 4.33. The van der Waals surface area contributed by atoms with E-state index < -0.39 is 0 Å². The Hall–Kier alpha value is -3.13. The van der Waals surface area contributed by atoms with Crippen LogP contribution >= 0.6 is 0 Å². The highest BCUT2D eigenvalue weighted by molar-refractivity contribution is 5.87. The van der Waals surface area contributed by atoms with Gasteiger partial charge in [-0.15, -0.1) is 0 Å². The molecule has 0 amide bonds. The van der Waals surface area contributed by atoms with E-state index in [-0.39, 0.29) is 18.5 Å². The molecule has 4 N–H and O–H groups in total. The fourth-order valence-corrected chi connectivity index (χ4v) is 3.68. The molecule has 0 aliphatic carbocycles. The van der Waals surface area contributed by atoms with E-state index in [4.69, 9.17) is 15.2 Å². The number of unbranched alkanes of at least 4 members (excludes halogenated alkanes) is 1. The molecule has 1 aliphatic heterocycles. The fourth-order valence-electron chi connectivity index (χ4n) is 3.68. The molecule has 1 aromatic carbocycles. The van der Waals surface area contributed by atoms with E-state index in [2.05, 4.69) is 27.2 Å². The lowest BCUT2D eigenvalue weighted by Gasteiger charge is -2.11. The number of carbonyl (C=O) groups excluding carboxylic acids is 1. The van der Waals surface area contributed by atoms with Crippen molar-refractivity contribution in [1.29, 1.82) is 0 Å². The summed E-state index contributed by atoms with van der Waals surface area (Å²) in [5.74, 6) is 0.204. The van der Waals surface area contributed by atoms with Gasteiger partial charge in [0.2, 0.25) is 0 Å². The average Bonchev–Trinajstić information content (AvgIpc) is 3.40. The van der Waals surface area contributed by atoms with Gasteiger partial charge in [0, 0.05) is 24.7 Å². The molecule has 164 valence electrons. The van der Waals surface area contributed by atoms with Gasteiger partial charge in [0.1, 0.15) is 17.1 Å². The van der Waals surface area contributed by atoms with Gasteiger partial charge in [0.15, 0.2) is 5.82 Å². The third kappa shape index (κ3) is 5.32. The van der Waals surface area contributed by atoms with E-state index in [0.717, 1.165) is 60.1 Å². The van der Waals surface area contributed by atoms with Crippen LogP contribution in [-0.4, -0.2) is 46.7 Å². The summed E-state index contributed by atoms with van der Waals surface area (Å²) in [5, 5.41) is 3.20. The summed E-state index contributed by atoms with van der Waals surface area (Å²) in [6, 6.07) is 8.32. The van der Waals surface area contributed by atoms with Crippen LogP contribution in [-0.2, 0) is 22.4 Å². The topological polar surface area (TPSA) is 115 Å². The third-order valence-corrected chi connectivity index (χ3v) is 5.42. The van der Waals surface area contributed by atoms with Crippen LogP contribution in [0.1, 0.15) is 42.9 Å². The number of nitrogens with one attached hydrogen (secondary N) is 2. The van der Waals surface area contributed by atoms with Crippen LogP contribution in [0.3, 0.4) is 0 Å². The maximum Gasteiger partial charge on any atom is 0.319 e. The van der Waals surface area contributed by atoms with Crippen LogP contribution in [0.4, 0.5) is 5.82 Å². The van der Waals surface area contributed by atoms with E-state index >= 15 is 0 Å². The molecule has 1 aliphatic rings. The number of carbonyl (C=O) groups is 1. The standard InChI is InChI=1S/C23H29N5O3/c1-2-3-10-30-23-27-20-17(13-26-21(20)22(24)28-23)11-15-4-6-16(7-5-15)12-19(29)31-18-8-9-25-14-18/h4-7,13,18,25-26H,2-3,8-12,14H2,1H3,(H2,24,27,28). The lowest BCUT2D eigenvalue weighted by molar-refractivity contribution is -0.147. The van der Waals surface area contributed by atoms with Crippen LogP contribution in [0.15, 0.2) is 30.5 Å². The van der Waals surface area contributed by atoms with Gasteiger partial charge < -0.3 is 25.5 Å². The van der Waals surface area contributed by atoms with Gasteiger partial charge in [-0.2, -0.15) is 9.97 Å². The normalized spacial score (nSPS) is 16.0. The monoisotopic (exact) mass is 423 g/mol. The molecule has 3 aromatic rings. The van der Waals surface area contributed by atoms with Gasteiger partial charge in [-0.25, -0.2) is 0 Å². The van der Waals surface area contributed by atoms with Crippen molar-refractivity contribution >= 4 is 22.8 Å². The average molecular weight is 424 g/mol. The fraction of sp³-hybridized carbons (Fsp3) is 0.435. The minimum absolute atomic E-state index is 0.00101. The Balaban J connectivity index is 1.41. The van der Waals surface area contributed by atoms with Crippen LogP contribution < -0.4 is 15.8 Å². The molecular weight excluding hydrogens is 394 g/mol. The first-order valence-corrected chi connectivity index (χ1v) is 10.9. The molecule has 1 fully saturated rings. The number of anilines is 1. The lowest BCUT2D eigenvalue weighted by Crippen LogP contribution is -2.21. The summed E-state index contributed by atoms with van der Waals surface area (Å²) in [4.78, 5) is 24.1. The van der Waals surface area contributed by atoms with Gasteiger partial charge in [0.25, 0.3) is 0 Å². The molecule has 1 unspecified atom stereocenters. The molecule has 3 heterocycles. The number of nitrogen functional groups attached to an aromatic ring is 1. The summed E-state index contributed by atoms with van der Waals surface area (Å²) >= 11 is 0. The van der Waals surface area contributed by atoms with Gasteiger partial charge in [-0.05, 0) is 30.5 Å². The Bertz CT molecular complexity index is 1030. The summed E-state index contributed by atoms with van der Waals surface area (Å²) in [5.41, 5.74) is 10.7. The van der Waals surface area contributed by atoms with Crippen molar-refractivity contribution in [2.45, 2.75) is 45.1 Å². The number of hydrogen-bond donors (Lipinski definition) is 3. The summed E-state index contributed by atoms with van der Waals surface area (Å²) < 4.78 is 11.1. The predicted molar refractivity (Wildman–Crippen MR) is 119 cm³/mol. The van der Waals surface area contributed by atoms with Crippen molar-refractivity contribution in [3.8, 4) is 6.01 Å². The Kier molecular flexibility index (Phi) is 6.66. The number of hydrogen-bond acceptors (Lipinski definition) is 7. The van der Waals surface area contributed by atoms with Gasteiger partial charge in [-0.1, -0.05) is 37.6 Å². The first-order chi connectivity index (χ1) is 15.1. The van der Waals surface area contributed by atoms with Gasteiger partial charge in [-0.3, -0.25) is 4.79 Å². The maximum absolute atomic E-state index is 12.1. The number of nitrogens with two attached hydrogens (primary N) is 1. The highest BCUT2D eigenvalue weighted by Crippen LogP contribution is 2.25. The van der Waals surface area contributed by atoms with E-state index in [0.29, 0.717) is 24.9 Å². The summed E-state index contributed by atoms with van der Waals surface area (Å²) in [6.07, 6.45) is 5.74. The van der Waals surface area contributed by atoms with Crippen molar-refractivity contribution in [3.05, 3.63) is 47.2 Å². The number of ether oxygens (including phenoxy) is 2. The SMILES string of the molecule is CCCCOc1nc(N)c2[nH]cc(Cc3ccc(CC(=O)OC4CCNC4)cc3)c2n1. The number of aromatic nitrogens is 3. The van der Waals surface area contributed by atoms with Crippen LogP contribution in [0.2, 0.25) is 0 Å². The van der Waals surface area contributed by atoms with Crippen LogP contribution in [0.25, 0.3) is 11.0 Å². The maximum atomic E-state index is 12.1. The van der Waals surface area contributed by atoms with E-state index in [1.165, 1.54) is 0 Å². The second-order valence-electron chi connectivity index (χ2n) is 7.91. The minimum Gasteiger partial charge on any atom is -0.463 e. The number of H-pyrrole nitrogens is 1. The minimum atomic E-state index is -0.180. The molecule has 0 saturated carbocycles. The number of benzene rings is 1. The molecule has 1 atom stereocenters. The zero-order valence-corrected chi connectivity index (χ0v) is 17.8. The van der Waals surface area contributed by atoms with Crippen molar-refractivity contribution < 1.29 is 14.3 Å². The second-order valence-corrected chi connectivity index (χ2v) is 7.91. The number of esters is 1. The van der Waals surface area contributed by atoms with Crippen molar-refractivity contribution in [3.63, 3.8) is 0 Å². The largest absolute Gasteiger partial charge is 0.463 e. The van der Waals surface area contributed by atoms with E-state index in [1.54, 1.807) is 0 Å². The molecule has 4 rings (SSSR count). The highest BCUT2D eigenvalue weighted by Gasteiger charge is 2.19. The van der Waals surface area contributed by atoms with Gasteiger partial charge >= 0.3 is 12.0 Å². The predicted octanol–water partition coefficient (Wildman–Crippen LogP) is 2.76. The number of aromatic amines is 1. The second kappa shape index (κ2) is 9.78. The number of nitrogens with zero attached hydrogens (tertiary/aromatic N) is 2. The highest BCUT2D eigenvalue weighted by atomic mass is 16.5. The van der Waals surface area contributed by atoms with Crippen LogP contribution in [0, 0.1) is 0 Å². The molecule has 31 heavy (non-hydrogen) atoms. The van der Waals surface area contributed by atoms with Crippen molar-refractivity contribution in [1.82, 2.24) is 20.3 Å². The lowest BCUT2D eigenvalue weighted by atomic mass is 10.0. The van der Waals surface area contributed by atoms with Crippen molar-refractivity contribution in [2.24, 2.45) is 0 Å². The Morgan fingerprint density at radius 2 is 2.03 bits per heavy atom. The zero-order valence-electron chi connectivity index (χ0n) is 17.8. The molecule has 2 aromatic heterocycles. The Morgan fingerprint density at radius 3 is 2.77 bits per heavy atom. The Morgan fingerprint density at radius 1 is 1.23 bits per heavy atom. The van der Waals surface area contributed by atoms with Crippen molar-refractivity contribution in [2.75, 3.05) is 25.4 Å². The molecule has 0 spiro atoms.